The number of carbonyl (C=O) groups excluding carboxylic acids is 1. The third kappa shape index (κ3) is 4.93. The van der Waals surface area contributed by atoms with Crippen LogP contribution in [0.3, 0.4) is 0 Å². The lowest BCUT2D eigenvalue weighted by molar-refractivity contribution is 0.0989. The zero-order valence-corrected chi connectivity index (χ0v) is 20.1. The van der Waals surface area contributed by atoms with Crippen molar-refractivity contribution >= 4 is 22.5 Å². The Morgan fingerprint density at radius 3 is 2.69 bits per heavy atom. The highest BCUT2D eigenvalue weighted by Crippen LogP contribution is 2.36. The molecule has 1 aliphatic rings. The molecular formula is C29H32FN3O2. The Balaban J connectivity index is 0.00000304. The molecule has 182 valence electrons. The van der Waals surface area contributed by atoms with Crippen molar-refractivity contribution < 1.29 is 15.3 Å². The summed E-state index contributed by atoms with van der Waals surface area (Å²) in [6.07, 6.45) is 2.97. The number of ether oxygens (including phenoxy) is 1. The Morgan fingerprint density at radius 1 is 1.11 bits per heavy atom. The molecule has 1 aromatic heterocycles. The van der Waals surface area contributed by atoms with Gasteiger partial charge in [0.25, 0.3) is 5.91 Å². The Kier molecular flexibility index (Phi) is 6.55. The van der Waals surface area contributed by atoms with Gasteiger partial charge in [-0.2, -0.15) is 0 Å². The van der Waals surface area contributed by atoms with Crippen molar-refractivity contribution in [3.05, 3.63) is 95.4 Å². The molecular weight excluding hydrogens is 441 g/mol. The smallest absolute Gasteiger partial charge is 0.274 e. The zero-order valence-electron chi connectivity index (χ0n) is 20.1. The van der Waals surface area contributed by atoms with E-state index in [4.69, 9.17) is 4.74 Å². The lowest BCUT2D eigenvalue weighted by Gasteiger charge is -2.19. The minimum Gasteiger partial charge on any atom is -0.489 e. The van der Waals surface area contributed by atoms with Crippen LogP contribution in [0.15, 0.2) is 72.8 Å². The number of nitrogens with zero attached hydrogens (tertiary/aromatic N) is 1. The van der Waals surface area contributed by atoms with Crippen LogP contribution in [-0.4, -0.2) is 31.0 Å². The van der Waals surface area contributed by atoms with Crippen molar-refractivity contribution in [1.82, 2.24) is 10.3 Å². The summed E-state index contributed by atoms with van der Waals surface area (Å²) in [5.74, 6) is 0.476. The molecule has 1 aliphatic carbocycles. The van der Waals surface area contributed by atoms with E-state index in [1.54, 1.807) is 7.05 Å². The van der Waals surface area contributed by atoms with Crippen LogP contribution in [0, 0.1) is 5.82 Å². The molecule has 1 saturated carbocycles. The first-order valence-corrected chi connectivity index (χ1v) is 12.1. The predicted molar refractivity (Wildman–Crippen MR) is 140 cm³/mol. The number of nitrogens with one attached hydrogen (secondary N) is 2. The normalized spacial score (nSPS) is 17.6. The van der Waals surface area contributed by atoms with Crippen molar-refractivity contribution in [2.45, 2.75) is 37.8 Å². The van der Waals surface area contributed by atoms with Gasteiger partial charge in [0, 0.05) is 31.1 Å². The van der Waals surface area contributed by atoms with Crippen molar-refractivity contribution in [2.75, 3.05) is 19.0 Å². The highest BCUT2D eigenvalue weighted by molar-refractivity contribution is 6.07. The Labute approximate surface area is 206 Å². The van der Waals surface area contributed by atoms with Gasteiger partial charge in [0.2, 0.25) is 0 Å². The fraction of sp³-hybridized carbons (Fsp3) is 0.276. The van der Waals surface area contributed by atoms with Gasteiger partial charge in [-0.25, -0.2) is 4.39 Å². The van der Waals surface area contributed by atoms with Crippen LogP contribution in [0.25, 0.3) is 10.9 Å². The predicted octanol–water partition coefficient (Wildman–Crippen LogP) is 6.26. The Morgan fingerprint density at radius 2 is 1.94 bits per heavy atom. The van der Waals surface area contributed by atoms with E-state index in [0.29, 0.717) is 24.0 Å². The fourth-order valence-corrected chi connectivity index (χ4v) is 4.94. The number of benzene rings is 3. The summed E-state index contributed by atoms with van der Waals surface area (Å²) in [6.45, 7) is 0.476. The number of anilines is 1. The summed E-state index contributed by atoms with van der Waals surface area (Å²) in [7, 11) is 3.62. The van der Waals surface area contributed by atoms with Gasteiger partial charge in [0.1, 0.15) is 23.9 Å². The molecule has 2 atom stereocenters. The number of H-pyrrole nitrogens is 1. The van der Waals surface area contributed by atoms with E-state index in [1.165, 1.54) is 11.0 Å². The van der Waals surface area contributed by atoms with Crippen molar-refractivity contribution in [3.63, 3.8) is 0 Å². The molecule has 3 aromatic carbocycles. The van der Waals surface area contributed by atoms with Gasteiger partial charge in [-0.3, -0.25) is 4.79 Å². The molecule has 35 heavy (non-hydrogen) atoms. The molecule has 5 rings (SSSR count). The Hall–Kier alpha value is -3.64. The summed E-state index contributed by atoms with van der Waals surface area (Å²) < 4.78 is 20.9. The number of fused-ring (bicyclic) bond motifs is 1. The van der Waals surface area contributed by atoms with Gasteiger partial charge < -0.3 is 19.9 Å². The fourth-order valence-electron chi connectivity index (χ4n) is 4.94. The molecule has 1 fully saturated rings. The highest BCUT2D eigenvalue weighted by atomic mass is 19.1. The van der Waals surface area contributed by atoms with Crippen LogP contribution in [-0.2, 0) is 6.61 Å². The average molecular weight is 474 g/mol. The van der Waals surface area contributed by atoms with Crippen molar-refractivity contribution in [2.24, 2.45) is 0 Å². The van der Waals surface area contributed by atoms with Gasteiger partial charge in [-0.1, -0.05) is 36.4 Å². The average Bonchev–Trinajstić information content (AvgIpc) is 3.54. The number of hydrogen-bond donors (Lipinski definition) is 2. The first kappa shape index (κ1) is 23.1. The minimum absolute atomic E-state index is 0. The number of halogens is 1. The molecule has 6 heteroatoms. The number of aromatic nitrogens is 1. The first-order chi connectivity index (χ1) is 17.0. The molecule has 0 spiro atoms. The largest absolute Gasteiger partial charge is 0.489 e. The lowest BCUT2D eigenvalue weighted by atomic mass is 9.96. The molecule has 1 amide bonds. The molecule has 1 heterocycles. The lowest BCUT2D eigenvalue weighted by Crippen LogP contribution is -2.26. The number of hydrogen-bond acceptors (Lipinski definition) is 3. The molecule has 5 nitrogen and oxygen atoms in total. The molecule has 4 aromatic rings. The van der Waals surface area contributed by atoms with Crippen molar-refractivity contribution in [1.29, 1.82) is 0 Å². The summed E-state index contributed by atoms with van der Waals surface area (Å²) in [4.78, 5) is 17.8. The maximum atomic E-state index is 15.0. The van der Waals surface area contributed by atoms with Crippen LogP contribution in [0.1, 0.15) is 48.2 Å². The first-order valence-electron chi connectivity index (χ1n) is 12.1. The van der Waals surface area contributed by atoms with E-state index in [1.807, 2.05) is 73.8 Å². The topological polar surface area (TPSA) is 57.4 Å². The number of carbonyl (C=O) groups is 1. The second-order valence-corrected chi connectivity index (χ2v) is 9.27. The maximum Gasteiger partial charge on any atom is 0.274 e. The standard InChI is InChI=1S/C29H30FN3O2.H2/c1-31-22-9-8-20(14-22)25-12-10-23(17-26(25)30)33(2)29(34)28-16-21-15-24(11-13-27(21)32-28)35-18-19-6-4-3-5-7-19;/h3-7,10-13,15-17,20,22,31-32H,8-9,14,18H2,1-2H3;1H. The van der Waals surface area contributed by atoms with E-state index in [0.717, 1.165) is 47.0 Å². The summed E-state index contributed by atoms with van der Waals surface area (Å²) in [5.41, 5.74) is 3.65. The SMILES string of the molecule is CNC1CCC(c2ccc(N(C)C(=O)c3cc4cc(OCc5ccccc5)ccc4[nH]3)cc2F)C1.[HH]. The van der Waals surface area contributed by atoms with E-state index in [-0.39, 0.29) is 19.1 Å². The molecule has 0 radical (unpaired) electrons. The second-order valence-electron chi connectivity index (χ2n) is 9.27. The molecule has 0 bridgehead atoms. The van der Waals surface area contributed by atoms with Crippen LogP contribution in [0.4, 0.5) is 10.1 Å². The molecule has 2 N–H and O–H groups in total. The quantitative estimate of drug-likeness (QED) is 0.333. The van der Waals surface area contributed by atoms with Gasteiger partial charge in [-0.15, -0.1) is 0 Å². The number of amides is 1. The molecule has 2 unspecified atom stereocenters. The van der Waals surface area contributed by atoms with Gasteiger partial charge in [-0.05, 0) is 79.8 Å². The minimum atomic E-state index is -0.249. The Bertz CT molecular complexity index is 1340. The van der Waals surface area contributed by atoms with Gasteiger partial charge in [0.05, 0.1) is 0 Å². The summed E-state index contributed by atoms with van der Waals surface area (Å²) in [5, 5.41) is 4.17. The third-order valence-corrected chi connectivity index (χ3v) is 7.03. The van der Waals surface area contributed by atoms with Crippen LogP contribution >= 0.6 is 0 Å². The van der Waals surface area contributed by atoms with Crippen LogP contribution in [0.2, 0.25) is 0 Å². The van der Waals surface area contributed by atoms with E-state index in [9.17, 15) is 9.18 Å². The number of aromatic amines is 1. The van der Waals surface area contributed by atoms with E-state index in [2.05, 4.69) is 10.3 Å². The highest BCUT2D eigenvalue weighted by Gasteiger charge is 2.27. The molecule has 0 saturated heterocycles. The van der Waals surface area contributed by atoms with Gasteiger partial charge >= 0.3 is 0 Å². The maximum absolute atomic E-state index is 15.0. The summed E-state index contributed by atoms with van der Waals surface area (Å²) >= 11 is 0. The van der Waals surface area contributed by atoms with Gasteiger partial charge in [0.15, 0.2) is 0 Å². The van der Waals surface area contributed by atoms with Crippen molar-refractivity contribution in [3.8, 4) is 5.75 Å². The van der Waals surface area contributed by atoms with E-state index < -0.39 is 0 Å². The van der Waals surface area contributed by atoms with E-state index >= 15 is 0 Å². The monoisotopic (exact) mass is 473 g/mol. The molecule has 0 aliphatic heterocycles. The second kappa shape index (κ2) is 9.92. The third-order valence-electron chi connectivity index (χ3n) is 7.03. The zero-order chi connectivity index (χ0) is 24.4. The number of rotatable bonds is 7. The van der Waals surface area contributed by atoms with Crippen LogP contribution < -0.4 is 15.0 Å². The summed E-state index contributed by atoms with van der Waals surface area (Å²) in [6, 6.07) is 23.1. The van der Waals surface area contributed by atoms with Crippen LogP contribution in [0.5, 0.6) is 5.75 Å².